The van der Waals surface area contributed by atoms with Crippen LogP contribution in [0.4, 0.5) is 0 Å². The van der Waals surface area contributed by atoms with Crippen molar-refractivity contribution in [2.75, 3.05) is 7.05 Å². The molecular weight excluding hydrogens is 230 g/mol. The topological polar surface area (TPSA) is 12.4 Å². The van der Waals surface area contributed by atoms with Crippen molar-refractivity contribution < 1.29 is 0 Å². The molecule has 2 bridgehead atoms. The van der Waals surface area contributed by atoms with Crippen LogP contribution in [0.25, 0.3) is 0 Å². The predicted molar refractivity (Wildman–Crippen MR) is 73.0 cm³/mol. The maximum atomic E-state index is 6.09. The highest BCUT2D eigenvalue weighted by molar-refractivity contribution is 6.30. The lowest BCUT2D eigenvalue weighted by Crippen LogP contribution is -2.25. The van der Waals surface area contributed by atoms with E-state index in [0.29, 0.717) is 11.8 Å². The molecule has 0 heterocycles. The average Bonchev–Trinajstić information content (AvgIpc) is 2.39. The van der Waals surface area contributed by atoms with Crippen LogP contribution in [0, 0.1) is 11.8 Å². The van der Waals surface area contributed by atoms with Gasteiger partial charge in [0.15, 0.2) is 0 Å². The zero-order valence-electron chi connectivity index (χ0n) is 9.99. The van der Waals surface area contributed by atoms with Gasteiger partial charge in [-0.15, -0.1) is 0 Å². The zero-order valence-corrected chi connectivity index (χ0v) is 10.7. The van der Waals surface area contributed by atoms with E-state index < -0.39 is 0 Å². The highest BCUT2D eigenvalue weighted by atomic mass is 35.5. The van der Waals surface area contributed by atoms with Crippen molar-refractivity contribution >= 4 is 17.3 Å². The molecule has 0 spiro atoms. The summed E-state index contributed by atoms with van der Waals surface area (Å²) in [6, 6.07) is 6.32. The number of hydrogen-bond donors (Lipinski definition) is 0. The molecular formula is C15H16ClN. The minimum Gasteiger partial charge on any atom is -0.297 e. The number of allylic oxidation sites excluding steroid dienone is 2. The van der Waals surface area contributed by atoms with Crippen LogP contribution in [-0.4, -0.2) is 12.8 Å². The van der Waals surface area contributed by atoms with Gasteiger partial charge in [0.2, 0.25) is 0 Å². The summed E-state index contributed by atoms with van der Waals surface area (Å²) in [5.74, 6) is 1.08. The van der Waals surface area contributed by atoms with E-state index in [1.807, 2.05) is 13.1 Å². The summed E-state index contributed by atoms with van der Waals surface area (Å²) in [6.45, 7) is 0. The first-order valence-corrected chi connectivity index (χ1v) is 6.56. The van der Waals surface area contributed by atoms with E-state index in [4.69, 9.17) is 11.6 Å². The fourth-order valence-electron chi connectivity index (χ4n) is 3.12. The molecule has 88 valence electrons. The van der Waals surface area contributed by atoms with Crippen molar-refractivity contribution in [3.63, 3.8) is 0 Å². The monoisotopic (exact) mass is 245 g/mol. The lowest BCUT2D eigenvalue weighted by atomic mass is 9.82. The summed E-state index contributed by atoms with van der Waals surface area (Å²) in [4.78, 5) is 4.53. The number of halogens is 1. The Balaban J connectivity index is 2.08. The van der Waals surface area contributed by atoms with Crippen molar-refractivity contribution in [3.05, 3.63) is 46.5 Å². The molecule has 0 N–H and O–H groups in total. The minimum atomic E-state index is 0.485. The van der Waals surface area contributed by atoms with E-state index in [1.165, 1.54) is 16.8 Å². The fraction of sp³-hybridized carbons (Fsp3) is 0.400. The van der Waals surface area contributed by atoms with E-state index in [2.05, 4.69) is 29.3 Å². The third-order valence-electron chi connectivity index (χ3n) is 3.92. The van der Waals surface area contributed by atoms with Crippen molar-refractivity contribution in [3.8, 4) is 0 Å². The van der Waals surface area contributed by atoms with E-state index in [9.17, 15) is 0 Å². The molecule has 0 aliphatic heterocycles. The maximum absolute atomic E-state index is 6.09. The number of benzene rings is 1. The Hall–Kier alpha value is -1.08. The number of fused-ring (bicyclic) bond motifs is 3. The Labute approximate surface area is 107 Å². The summed E-state index contributed by atoms with van der Waals surface area (Å²) in [5.41, 5.74) is 4.23. The summed E-state index contributed by atoms with van der Waals surface area (Å²) in [6.07, 6.45) is 7.92. The van der Waals surface area contributed by atoms with Gasteiger partial charge < -0.3 is 0 Å². The summed E-state index contributed by atoms with van der Waals surface area (Å²) >= 11 is 6.09. The van der Waals surface area contributed by atoms with Gasteiger partial charge in [0.1, 0.15) is 0 Å². The summed E-state index contributed by atoms with van der Waals surface area (Å²) in [7, 11) is 1.93. The molecule has 0 radical (unpaired) electrons. The van der Waals surface area contributed by atoms with E-state index >= 15 is 0 Å². The average molecular weight is 246 g/mol. The highest BCUT2D eigenvalue weighted by Gasteiger charge is 2.29. The van der Waals surface area contributed by atoms with Gasteiger partial charge in [0.05, 0.1) is 0 Å². The van der Waals surface area contributed by atoms with Crippen LogP contribution < -0.4 is 0 Å². The Morgan fingerprint density at radius 1 is 1.24 bits per heavy atom. The molecule has 2 atom stereocenters. The lowest BCUT2D eigenvalue weighted by molar-refractivity contribution is 0.652. The van der Waals surface area contributed by atoms with Crippen LogP contribution in [0.3, 0.4) is 0 Å². The van der Waals surface area contributed by atoms with Gasteiger partial charge in [-0.1, -0.05) is 29.8 Å². The number of rotatable bonds is 0. The first-order valence-electron chi connectivity index (χ1n) is 6.18. The van der Waals surface area contributed by atoms with E-state index in [0.717, 1.165) is 24.3 Å². The Morgan fingerprint density at radius 2 is 2.12 bits per heavy atom. The second kappa shape index (κ2) is 4.30. The van der Waals surface area contributed by atoms with Crippen molar-refractivity contribution in [2.24, 2.45) is 16.8 Å². The van der Waals surface area contributed by atoms with Gasteiger partial charge in [-0.3, -0.25) is 4.99 Å². The van der Waals surface area contributed by atoms with Gasteiger partial charge in [-0.2, -0.15) is 0 Å². The Bertz CT molecular complexity index is 502. The first kappa shape index (κ1) is 11.0. The first-order chi connectivity index (χ1) is 8.28. The molecule has 0 aromatic heterocycles. The molecule has 0 saturated carbocycles. The Kier molecular flexibility index (Phi) is 2.79. The molecule has 3 rings (SSSR count). The number of nitrogens with zero attached hydrogens (tertiary/aromatic N) is 1. The molecule has 1 nitrogen and oxygen atoms in total. The molecule has 0 fully saturated rings. The van der Waals surface area contributed by atoms with Crippen LogP contribution in [0.5, 0.6) is 0 Å². The van der Waals surface area contributed by atoms with Crippen LogP contribution in [0.2, 0.25) is 5.02 Å². The van der Waals surface area contributed by atoms with Crippen LogP contribution in [0.15, 0.2) is 35.3 Å². The summed E-state index contributed by atoms with van der Waals surface area (Å²) < 4.78 is 0. The van der Waals surface area contributed by atoms with E-state index in [1.54, 1.807) is 0 Å². The second-order valence-electron chi connectivity index (χ2n) is 4.94. The zero-order chi connectivity index (χ0) is 11.8. The number of aliphatic imine (C=N–C) groups is 1. The molecule has 2 unspecified atom stereocenters. The Morgan fingerprint density at radius 3 is 2.94 bits per heavy atom. The fourth-order valence-corrected chi connectivity index (χ4v) is 3.32. The molecule has 0 saturated heterocycles. The second-order valence-corrected chi connectivity index (χ2v) is 5.37. The molecule has 17 heavy (non-hydrogen) atoms. The van der Waals surface area contributed by atoms with Gasteiger partial charge >= 0.3 is 0 Å². The largest absolute Gasteiger partial charge is 0.297 e. The smallest absolute Gasteiger partial charge is 0.0408 e. The highest BCUT2D eigenvalue weighted by Crippen LogP contribution is 2.33. The quantitative estimate of drug-likeness (QED) is 0.618. The maximum Gasteiger partial charge on any atom is 0.0408 e. The van der Waals surface area contributed by atoms with Crippen molar-refractivity contribution in [1.82, 2.24) is 0 Å². The molecule has 1 aromatic rings. The van der Waals surface area contributed by atoms with Gasteiger partial charge in [0.25, 0.3) is 0 Å². The summed E-state index contributed by atoms with van der Waals surface area (Å²) in [5, 5.41) is 0.846. The molecule has 1 aromatic carbocycles. The van der Waals surface area contributed by atoms with Gasteiger partial charge in [-0.25, -0.2) is 0 Å². The normalized spacial score (nSPS) is 28.9. The van der Waals surface area contributed by atoms with E-state index in [-0.39, 0.29) is 0 Å². The minimum absolute atomic E-state index is 0.485. The molecule has 0 amide bonds. The molecule has 2 aliphatic rings. The van der Waals surface area contributed by atoms with Crippen LogP contribution in [-0.2, 0) is 12.8 Å². The standard InChI is InChI=1S/C15H16ClN/c1-17-15-11-3-2-4-12(15)8-13-9-14(16)6-5-10(13)7-11/h2,4-6,9,11-12H,3,7-8H2,1H3/b17-15+. The van der Waals surface area contributed by atoms with Crippen LogP contribution >= 0.6 is 11.6 Å². The van der Waals surface area contributed by atoms with Crippen molar-refractivity contribution in [1.29, 1.82) is 0 Å². The van der Waals surface area contributed by atoms with Gasteiger partial charge in [-0.05, 0) is 42.5 Å². The SMILES string of the molecule is C/N=C1/C2C=CCC1Cc1ccc(Cl)cc1C2. The lowest BCUT2D eigenvalue weighted by Gasteiger charge is -2.23. The van der Waals surface area contributed by atoms with Gasteiger partial charge in [0, 0.05) is 29.6 Å². The van der Waals surface area contributed by atoms with Crippen molar-refractivity contribution in [2.45, 2.75) is 19.3 Å². The third-order valence-corrected chi connectivity index (χ3v) is 4.15. The third kappa shape index (κ3) is 1.93. The predicted octanol–water partition coefficient (Wildman–Crippen LogP) is 3.70. The van der Waals surface area contributed by atoms with Crippen LogP contribution in [0.1, 0.15) is 17.5 Å². The molecule has 2 heteroatoms. The molecule has 2 aliphatic carbocycles. The number of hydrogen-bond acceptors (Lipinski definition) is 1.